The van der Waals surface area contributed by atoms with Gasteiger partial charge in [-0.25, -0.2) is 0 Å². The largest absolute Gasteiger partial charge is 0.339 e. The lowest BCUT2D eigenvalue weighted by Crippen LogP contribution is -2.25. The average molecular weight is 255 g/mol. The second kappa shape index (κ2) is 4.17. The summed E-state index contributed by atoms with van der Waals surface area (Å²) in [7, 11) is 0. The molecule has 1 aromatic carbocycles. The zero-order chi connectivity index (χ0) is 12.8. The fraction of sp³-hybridized carbons (Fsp3) is 0.467. The lowest BCUT2D eigenvalue weighted by atomic mass is 9.77. The molecule has 4 rings (SSSR count). The maximum Gasteiger partial charge on any atom is 0.228 e. The van der Waals surface area contributed by atoms with Gasteiger partial charge >= 0.3 is 0 Å². The molecule has 0 aliphatic heterocycles. The molecule has 0 radical (unpaired) electrons. The minimum absolute atomic E-state index is 0.182. The highest BCUT2D eigenvalue weighted by atomic mass is 16.5. The van der Waals surface area contributed by atoms with E-state index in [0.717, 1.165) is 12.2 Å². The lowest BCUT2D eigenvalue weighted by Gasteiger charge is -2.27. The Balaban J connectivity index is 1.50. The molecule has 19 heavy (non-hydrogen) atoms. The first kappa shape index (κ1) is 11.2. The number of aromatic nitrogens is 2. The van der Waals surface area contributed by atoms with Crippen LogP contribution in [0.5, 0.6) is 0 Å². The van der Waals surface area contributed by atoms with Gasteiger partial charge in [-0.1, -0.05) is 29.4 Å². The van der Waals surface area contributed by atoms with E-state index in [1.54, 1.807) is 0 Å². The molecule has 0 amide bonds. The molecule has 1 fully saturated rings. The normalized spacial score (nSPS) is 22.7. The van der Waals surface area contributed by atoms with Crippen molar-refractivity contribution in [2.24, 2.45) is 11.7 Å². The number of rotatable bonds is 4. The van der Waals surface area contributed by atoms with Crippen LogP contribution in [0.1, 0.15) is 41.6 Å². The third kappa shape index (κ3) is 1.96. The van der Waals surface area contributed by atoms with E-state index < -0.39 is 0 Å². The van der Waals surface area contributed by atoms with Gasteiger partial charge in [0.1, 0.15) is 0 Å². The Hall–Kier alpha value is -1.68. The molecule has 98 valence electrons. The van der Waals surface area contributed by atoms with Crippen molar-refractivity contribution in [3.05, 3.63) is 47.1 Å². The van der Waals surface area contributed by atoms with Gasteiger partial charge in [0.25, 0.3) is 0 Å². The zero-order valence-electron chi connectivity index (χ0n) is 10.7. The highest BCUT2D eigenvalue weighted by Crippen LogP contribution is 2.38. The van der Waals surface area contributed by atoms with Gasteiger partial charge in [-0.2, -0.15) is 4.98 Å². The highest BCUT2D eigenvalue weighted by Gasteiger charge is 2.33. The predicted molar refractivity (Wildman–Crippen MR) is 70.7 cm³/mol. The number of benzene rings is 1. The Kier molecular flexibility index (Phi) is 2.45. The summed E-state index contributed by atoms with van der Waals surface area (Å²) >= 11 is 0. The molecule has 0 spiro atoms. The molecule has 2 unspecified atom stereocenters. The smallest absolute Gasteiger partial charge is 0.228 e. The number of nitrogens with zero attached hydrogens (tertiary/aromatic N) is 2. The number of hydrogen-bond acceptors (Lipinski definition) is 4. The molecule has 0 bridgehead atoms. The summed E-state index contributed by atoms with van der Waals surface area (Å²) in [4.78, 5) is 4.52. The van der Waals surface area contributed by atoms with E-state index in [4.69, 9.17) is 10.3 Å². The average Bonchev–Trinajstić information content (AvgIpc) is 3.14. The molecule has 2 aliphatic carbocycles. The second-order valence-electron chi connectivity index (χ2n) is 5.71. The van der Waals surface area contributed by atoms with Gasteiger partial charge in [0.2, 0.25) is 5.89 Å². The summed E-state index contributed by atoms with van der Waals surface area (Å²) in [5.74, 6) is 2.49. The Morgan fingerprint density at radius 2 is 2.16 bits per heavy atom. The van der Waals surface area contributed by atoms with Crippen LogP contribution in [0.4, 0.5) is 0 Å². The van der Waals surface area contributed by atoms with Gasteiger partial charge in [0.05, 0.1) is 5.92 Å². The summed E-state index contributed by atoms with van der Waals surface area (Å²) in [5, 5.41) is 4.13. The Morgan fingerprint density at radius 3 is 2.95 bits per heavy atom. The van der Waals surface area contributed by atoms with E-state index in [-0.39, 0.29) is 6.04 Å². The molecule has 0 saturated heterocycles. The summed E-state index contributed by atoms with van der Waals surface area (Å²) < 4.78 is 5.34. The van der Waals surface area contributed by atoms with Crippen molar-refractivity contribution in [2.45, 2.75) is 37.6 Å². The van der Waals surface area contributed by atoms with E-state index in [1.165, 1.54) is 24.0 Å². The molecule has 1 heterocycles. The maximum absolute atomic E-state index is 6.09. The SMILES string of the molecule is NC(Cc1nc(C2Cc3ccccc32)no1)C1CC1. The number of hydrogen-bond donors (Lipinski definition) is 1. The Morgan fingerprint density at radius 1 is 1.32 bits per heavy atom. The van der Waals surface area contributed by atoms with Crippen molar-refractivity contribution in [3.8, 4) is 0 Å². The van der Waals surface area contributed by atoms with Crippen LogP contribution < -0.4 is 5.73 Å². The van der Waals surface area contributed by atoms with Crippen LogP contribution in [0.15, 0.2) is 28.8 Å². The molecule has 2 aromatic rings. The maximum atomic E-state index is 6.09. The molecule has 1 saturated carbocycles. The standard InChI is InChI=1S/C15H17N3O/c16-13(9-5-6-9)8-14-17-15(18-19-14)12-7-10-3-1-2-4-11(10)12/h1-4,9,12-13H,5-8,16H2. The summed E-state index contributed by atoms with van der Waals surface area (Å²) in [5.41, 5.74) is 8.82. The molecular weight excluding hydrogens is 238 g/mol. The van der Waals surface area contributed by atoms with Gasteiger partial charge in [-0.15, -0.1) is 0 Å². The first-order valence-corrected chi connectivity index (χ1v) is 6.97. The first-order chi connectivity index (χ1) is 9.31. The van der Waals surface area contributed by atoms with Gasteiger partial charge in [0, 0.05) is 12.5 Å². The second-order valence-corrected chi connectivity index (χ2v) is 5.71. The molecular formula is C15H17N3O. The van der Waals surface area contributed by atoms with Crippen molar-refractivity contribution in [3.63, 3.8) is 0 Å². The Bertz CT molecular complexity index is 603. The molecule has 1 aromatic heterocycles. The number of nitrogens with two attached hydrogens (primary N) is 1. The fourth-order valence-corrected chi connectivity index (χ4v) is 2.87. The summed E-state index contributed by atoms with van der Waals surface area (Å²) in [6, 6.07) is 8.63. The zero-order valence-corrected chi connectivity index (χ0v) is 10.7. The quantitative estimate of drug-likeness (QED) is 0.908. The van der Waals surface area contributed by atoms with Crippen LogP contribution in [0, 0.1) is 5.92 Å². The van der Waals surface area contributed by atoms with Crippen LogP contribution in [-0.2, 0) is 12.8 Å². The van der Waals surface area contributed by atoms with Gasteiger partial charge < -0.3 is 10.3 Å². The van der Waals surface area contributed by atoms with Gasteiger partial charge in [0.15, 0.2) is 5.82 Å². The third-order valence-corrected chi connectivity index (χ3v) is 4.29. The van der Waals surface area contributed by atoms with Crippen LogP contribution in [0.3, 0.4) is 0 Å². The van der Waals surface area contributed by atoms with Crippen molar-refractivity contribution < 1.29 is 4.52 Å². The van der Waals surface area contributed by atoms with E-state index in [1.807, 2.05) is 0 Å². The minimum atomic E-state index is 0.182. The topological polar surface area (TPSA) is 64.9 Å². The predicted octanol–water partition coefficient (Wildman–Crippen LogP) is 2.04. The van der Waals surface area contributed by atoms with E-state index in [9.17, 15) is 0 Å². The van der Waals surface area contributed by atoms with Crippen LogP contribution in [-0.4, -0.2) is 16.2 Å². The molecule has 2 atom stereocenters. The van der Waals surface area contributed by atoms with Gasteiger partial charge in [-0.05, 0) is 36.3 Å². The molecule has 2 N–H and O–H groups in total. The van der Waals surface area contributed by atoms with Crippen LogP contribution in [0.2, 0.25) is 0 Å². The molecule has 2 aliphatic rings. The van der Waals surface area contributed by atoms with E-state index in [0.29, 0.717) is 24.1 Å². The Labute approximate surface area is 112 Å². The highest BCUT2D eigenvalue weighted by molar-refractivity contribution is 5.43. The molecule has 4 heteroatoms. The third-order valence-electron chi connectivity index (χ3n) is 4.29. The lowest BCUT2D eigenvalue weighted by molar-refractivity contribution is 0.356. The van der Waals surface area contributed by atoms with Crippen LogP contribution >= 0.6 is 0 Å². The van der Waals surface area contributed by atoms with E-state index in [2.05, 4.69) is 34.4 Å². The molecule has 4 nitrogen and oxygen atoms in total. The first-order valence-electron chi connectivity index (χ1n) is 6.97. The fourth-order valence-electron chi connectivity index (χ4n) is 2.87. The van der Waals surface area contributed by atoms with Gasteiger partial charge in [-0.3, -0.25) is 0 Å². The van der Waals surface area contributed by atoms with E-state index >= 15 is 0 Å². The van der Waals surface area contributed by atoms with Crippen LogP contribution in [0.25, 0.3) is 0 Å². The van der Waals surface area contributed by atoms with Crippen molar-refractivity contribution in [1.82, 2.24) is 10.1 Å². The summed E-state index contributed by atoms with van der Waals surface area (Å²) in [6.45, 7) is 0. The van der Waals surface area contributed by atoms with Crippen molar-refractivity contribution in [2.75, 3.05) is 0 Å². The monoisotopic (exact) mass is 255 g/mol. The summed E-state index contributed by atoms with van der Waals surface area (Å²) in [6.07, 6.45) is 4.23. The van der Waals surface area contributed by atoms with Crippen molar-refractivity contribution in [1.29, 1.82) is 0 Å². The number of fused-ring (bicyclic) bond motifs is 1. The van der Waals surface area contributed by atoms with Crippen molar-refractivity contribution >= 4 is 0 Å². The minimum Gasteiger partial charge on any atom is -0.339 e.